The molecule has 0 saturated heterocycles. The van der Waals surface area contributed by atoms with E-state index in [4.69, 9.17) is 0 Å². The van der Waals surface area contributed by atoms with Crippen LogP contribution in [-0.2, 0) is 4.79 Å². The van der Waals surface area contributed by atoms with Crippen molar-refractivity contribution in [3.63, 3.8) is 0 Å². The van der Waals surface area contributed by atoms with E-state index in [-0.39, 0.29) is 18.2 Å². The number of aromatic hydroxyl groups is 1. The van der Waals surface area contributed by atoms with Gasteiger partial charge in [-0.2, -0.15) is 0 Å². The van der Waals surface area contributed by atoms with Crippen LogP contribution in [0.15, 0.2) is 59.8 Å². The maximum absolute atomic E-state index is 13.2. The van der Waals surface area contributed by atoms with Crippen molar-refractivity contribution in [2.45, 2.75) is 12.4 Å². The molecular weight excluding hydrogens is 403 g/mol. The van der Waals surface area contributed by atoms with Gasteiger partial charge in [0.05, 0.1) is 23.9 Å². The molecule has 0 aromatic heterocycles. The molecule has 156 valence electrons. The zero-order valence-electron chi connectivity index (χ0n) is 15.6. The Morgan fingerprint density at radius 3 is 2.30 bits per heavy atom. The third-order valence-electron chi connectivity index (χ3n) is 4.97. The fourth-order valence-corrected chi connectivity index (χ4v) is 3.52. The first kappa shape index (κ1) is 19.6. The lowest BCUT2D eigenvalue weighted by Crippen LogP contribution is -2.45. The van der Waals surface area contributed by atoms with E-state index in [0.717, 1.165) is 12.1 Å². The van der Waals surface area contributed by atoms with Crippen molar-refractivity contribution in [3.05, 3.63) is 65.4 Å². The Kier molecular flexibility index (Phi) is 4.56. The highest BCUT2D eigenvalue weighted by atomic mass is 19.4. The summed E-state index contributed by atoms with van der Waals surface area (Å²) in [4.78, 5) is 28.3. The van der Waals surface area contributed by atoms with E-state index < -0.39 is 24.2 Å². The van der Waals surface area contributed by atoms with Gasteiger partial charge in [0, 0.05) is 12.7 Å². The van der Waals surface area contributed by atoms with Crippen LogP contribution in [0.25, 0.3) is 0 Å². The number of benzene rings is 2. The normalized spacial score (nSPS) is 19.1. The molecule has 10 heteroatoms. The first-order chi connectivity index (χ1) is 14.1. The van der Waals surface area contributed by atoms with E-state index >= 15 is 0 Å². The van der Waals surface area contributed by atoms with Crippen molar-refractivity contribution in [1.82, 2.24) is 10.2 Å². The minimum atomic E-state index is -4.81. The fraction of sp³-hybridized carbons (Fsp3) is 0.200. The third kappa shape index (κ3) is 3.51. The van der Waals surface area contributed by atoms with E-state index in [1.165, 1.54) is 41.1 Å². The van der Waals surface area contributed by atoms with Crippen molar-refractivity contribution in [3.8, 4) is 11.5 Å². The molecule has 2 N–H and O–H groups in total. The summed E-state index contributed by atoms with van der Waals surface area (Å²) in [6.07, 6.45) is -4.81. The number of alkyl halides is 3. The number of phenolic OH excluding ortho intramolecular Hbond substituents is 1. The van der Waals surface area contributed by atoms with Gasteiger partial charge in [-0.3, -0.25) is 9.69 Å². The first-order valence-electron chi connectivity index (χ1n) is 8.88. The summed E-state index contributed by atoms with van der Waals surface area (Å²) in [5, 5.41) is 12.3. The number of carbonyl (C=O) groups excluding carboxylic acids is 2. The number of halogens is 3. The number of urea groups is 1. The maximum Gasteiger partial charge on any atom is 0.573 e. The summed E-state index contributed by atoms with van der Waals surface area (Å²) < 4.78 is 40.9. The lowest BCUT2D eigenvalue weighted by Gasteiger charge is -2.31. The van der Waals surface area contributed by atoms with Gasteiger partial charge in [-0.25, -0.2) is 4.79 Å². The van der Waals surface area contributed by atoms with Crippen LogP contribution in [0.4, 0.5) is 23.7 Å². The van der Waals surface area contributed by atoms with Gasteiger partial charge in [0.25, 0.3) is 5.91 Å². The molecular formula is C20H16F3N3O4. The van der Waals surface area contributed by atoms with Crippen LogP contribution in [0.3, 0.4) is 0 Å². The summed E-state index contributed by atoms with van der Waals surface area (Å²) in [5.41, 5.74) is 1.84. The number of nitrogens with one attached hydrogen (secondary N) is 1. The second-order valence-electron chi connectivity index (χ2n) is 6.83. The second kappa shape index (κ2) is 6.97. The minimum absolute atomic E-state index is 0.0488. The van der Waals surface area contributed by atoms with Gasteiger partial charge in [-0.05, 0) is 42.0 Å². The van der Waals surface area contributed by atoms with Crippen molar-refractivity contribution in [2.75, 3.05) is 18.5 Å². The minimum Gasteiger partial charge on any atom is -0.508 e. The van der Waals surface area contributed by atoms with Gasteiger partial charge in [-0.1, -0.05) is 12.1 Å². The molecule has 2 aliphatic rings. The molecule has 1 atom stereocenters. The monoisotopic (exact) mass is 419 g/mol. The third-order valence-corrected chi connectivity index (χ3v) is 4.97. The van der Waals surface area contributed by atoms with E-state index in [1.54, 1.807) is 12.1 Å². The molecule has 0 saturated carbocycles. The van der Waals surface area contributed by atoms with Gasteiger partial charge < -0.3 is 20.1 Å². The second-order valence-corrected chi connectivity index (χ2v) is 6.83. The largest absolute Gasteiger partial charge is 0.573 e. The lowest BCUT2D eigenvalue weighted by molar-refractivity contribution is -0.274. The van der Waals surface area contributed by atoms with Crippen LogP contribution >= 0.6 is 0 Å². The van der Waals surface area contributed by atoms with Gasteiger partial charge in [0.15, 0.2) is 0 Å². The van der Waals surface area contributed by atoms with Gasteiger partial charge in [0.1, 0.15) is 11.5 Å². The van der Waals surface area contributed by atoms with E-state index in [0.29, 0.717) is 22.5 Å². The molecule has 0 fully saturated rings. The molecule has 2 aliphatic heterocycles. The predicted molar refractivity (Wildman–Crippen MR) is 99.6 cm³/mol. The highest BCUT2D eigenvalue weighted by molar-refractivity contribution is 6.11. The molecule has 7 nitrogen and oxygen atoms in total. The van der Waals surface area contributed by atoms with E-state index in [1.807, 2.05) is 0 Å². The average Bonchev–Trinajstić information content (AvgIpc) is 3.02. The summed E-state index contributed by atoms with van der Waals surface area (Å²) in [5.74, 6) is -0.723. The fourth-order valence-electron chi connectivity index (χ4n) is 3.52. The molecule has 3 amide bonds. The molecule has 0 aliphatic carbocycles. The molecule has 1 unspecified atom stereocenters. The Morgan fingerprint density at radius 2 is 1.70 bits per heavy atom. The topological polar surface area (TPSA) is 82.1 Å². The SMILES string of the molecule is CN1C(=O)NC(c2ccc(O)cc2)C2=C1CN(c1ccc(OC(F)(F)F)cc1)C2=O. The maximum atomic E-state index is 13.2. The molecule has 2 heterocycles. The van der Waals surface area contributed by atoms with Crippen LogP contribution in [-0.4, -0.2) is 41.9 Å². The summed E-state index contributed by atoms with van der Waals surface area (Å²) >= 11 is 0. The predicted octanol–water partition coefficient (Wildman–Crippen LogP) is 3.29. The van der Waals surface area contributed by atoms with Crippen molar-refractivity contribution in [2.24, 2.45) is 0 Å². The van der Waals surface area contributed by atoms with Crippen LogP contribution in [0, 0.1) is 0 Å². The van der Waals surface area contributed by atoms with E-state index in [9.17, 15) is 27.9 Å². The van der Waals surface area contributed by atoms with E-state index in [2.05, 4.69) is 10.1 Å². The Morgan fingerprint density at radius 1 is 1.07 bits per heavy atom. The molecule has 4 rings (SSSR count). The highest BCUT2D eigenvalue weighted by Gasteiger charge is 2.43. The van der Waals surface area contributed by atoms with Crippen molar-refractivity contribution >= 4 is 17.6 Å². The number of likely N-dealkylation sites (N-methyl/N-ethyl adjacent to an activating group) is 1. The Bertz CT molecular complexity index is 1030. The Labute approximate surface area is 169 Å². The molecule has 0 bridgehead atoms. The molecule has 2 aromatic rings. The zero-order valence-corrected chi connectivity index (χ0v) is 15.6. The molecule has 2 aromatic carbocycles. The Balaban J connectivity index is 1.64. The van der Waals surface area contributed by atoms with Crippen molar-refractivity contribution < 1.29 is 32.6 Å². The smallest absolute Gasteiger partial charge is 0.508 e. The highest BCUT2D eigenvalue weighted by Crippen LogP contribution is 2.38. The summed E-state index contributed by atoms with van der Waals surface area (Å²) in [6, 6.07) is 9.96. The van der Waals surface area contributed by atoms with Gasteiger partial charge in [-0.15, -0.1) is 13.2 Å². The van der Waals surface area contributed by atoms with Gasteiger partial charge >= 0.3 is 12.4 Å². The lowest BCUT2D eigenvalue weighted by atomic mass is 9.95. The van der Waals surface area contributed by atoms with Crippen molar-refractivity contribution in [1.29, 1.82) is 0 Å². The number of ether oxygens (including phenoxy) is 1. The average molecular weight is 419 g/mol. The number of rotatable bonds is 3. The number of phenols is 1. The van der Waals surface area contributed by atoms with Crippen LogP contribution in [0.2, 0.25) is 0 Å². The molecule has 0 spiro atoms. The number of nitrogens with zero attached hydrogens (tertiary/aromatic N) is 2. The summed E-state index contributed by atoms with van der Waals surface area (Å²) in [7, 11) is 1.54. The van der Waals surface area contributed by atoms with Crippen LogP contribution in [0.1, 0.15) is 11.6 Å². The summed E-state index contributed by atoms with van der Waals surface area (Å²) in [6.45, 7) is 0.0894. The Hall–Kier alpha value is -3.69. The number of amides is 3. The van der Waals surface area contributed by atoms with Gasteiger partial charge in [0.2, 0.25) is 0 Å². The van der Waals surface area contributed by atoms with Crippen LogP contribution < -0.4 is 15.0 Å². The van der Waals surface area contributed by atoms with Crippen LogP contribution in [0.5, 0.6) is 11.5 Å². The molecule has 0 radical (unpaired) electrons. The zero-order chi connectivity index (χ0) is 21.6. The number of carbonyl (C=O) groups is 2. The number of anilines is 1. The quantitative estimate of drug-likeness (QED) is 0.800. The number of hydrogen-bond acceptors (Lipinski definition) is 4. The number of hydrogen-bond donors (Lipinski definition) is 2. The standard InChI is InChI=1S/C20H16F3N3O4/c1-25-15-10-26(12-4-8-14(9-5-12)30-20(21,22)23)18(28)16(15)17(24-19(25)29)11-2-6-13(27)7-3-11/h2-9,17,27H,10H2,1H3,(H,24,29). The first-order valence-corrected chi connectivity index (χ1v) is 8.88. The molecule has 30 heavy (non-hydrogen) atoms.